The van der Waals surface area contributed by atoms with Crippen molar-refractivity contribution < 1.29 is 23.9 Å². The number of esters is 2. The molecule has 0 bridgehead atoms. The minimum atomic E-state index is -0.770. The van der Waals surface area contributed by atoms with Gasteiger partial charge in [-0.05, 0) is 18.9 Å². The van der Waals surface area contributed by atoms with Crippen LogP contribution in [-0.2, 0) is 23.9 Å². The molecule has 0 rings (SSSR count). The Kier molecular flexibility index (Phi) is 10.1. The van der Waals surface area contributed by atoms with Gasteiger partial charge in [-0.15, -0.1) is 0 Å². The van der Waals surface area contributed by atoms with E-state index in [4.69, 9.17) is 4.74 Å². The van der Waals surface area contributed by atoms with E-state index in [0.717, 1.165) is 0 Å². The van der Waals surface area contributed by atoms with Crippen LogP contribution < -0.4 is 0 Å². The summed E-state index contributed by atoms with van der Waals surface area (Å²) in [6.45, 7) is 7.07. The summed E-state index contributed by atoms with van der Waals surface area (Å²) in [7, 11) is 2.56. The molecule has 0 N–H and O–H groups in total. The van der Waals surface area contributed by atoms with Crippen molar-refractivity contribution in [3.8, 4) is 0 Å². The topological polar surface area (TPSA) is 72.9 Å². The molecule has 0 aliphatic carbocycles. The van der Waals surface area contributed by atoms with Crippen LogP contribution in [0.15, 0.2) is 37.1 Å². The zero-order valence-corrected chi connectivity index (χ0v) is 14.2. The van der Waals surface area contributed by atoms with Crippen molar-refractivity contribution in [2.75, 3.05) is 14.2 Å². The number of carbonyl (C=O) groups is 3. The third-order valence-corrected chi connectivity index (χ3v) is 3.00. The molecule has 128 valence electrons. The molecule has 0 heterocycles. The van der Waals surface area contributed by atoms with E-state index in [9.17, 15) is 14.4 Å². The van der Waals surface area contributed by atoms with Gasteiger partial charge in [-0.2, -0.15) is 0 Å². The van der Waals surface area contributed by atoms with Gasteiger partial charge in [0.05, 0.1) is 14.2 Å². The van der Waals surface area contributed by atoms with Crippen LogP contribution in [0.5, 0.6) is 0 Å². The van der Waals surface area contributed by atoms with Crippen LogP contribution in [0.1, 0.15) is 26.7 Å². The molecule has 0 spiro atoms. The first-order valence-corrected chi connectivity index (χ1v) is 7.32. The number of hydrogen-bond acceptors (Lipinski definition) is 5. The van der Waals surface area contributed by atoms with Crippen LogP contribution in [0.3, 0.4) is 0 Å². The molecule has 0 radical (unpaired) electrons. The molecule has 6 heteroatoms. The monoisotopic (exact) mass is 323 g/mol. The molecule has 6 nitrogen and oxygen atoms in total. The van der Waals surface area contributed by atoms with Gasteiger partial charge in [0.15, 0.2) is 0 Å². The van der Waals surface area contributed by atoms with E-state index < -0.39 is 18.0 Å². The first-order chi connectivity index (χ1) is 10.9. The summed E-state index contributed by atoms with van der Waals surface area (Å²) in [5.74, 6) is -1.46. The number of nitrogens with zero attached hydrogens (tertiary/aromatic N) is 1. The van der Waals surface area contributed by atoms with Crippen molar-refractivity contribution in [1.82, 2.24) is 4.90 Å². The number of allylic oxidation sites excluding steroid dienone is 3. The largest absolute Gasteiger partial charge is 0.467 e. The average molecular weight is 323 g/mol. The van der Waals surface area contributed by atoms with Crippen LogP contribution >= 0.6 is 0 Å². The molecule has 23 heavy (non-hydrogen) atoms. The summed E-state index contributed by atoms with van der Waals surface area (Å²) in [6, 6.07) is -0.770. The van der Waals surface area contributed by atoms with Crippen molar-refractivity contribution >= 4 is 17.8 Å². The van der Waals surface area contributed by atoms with Gasteiger partial charge in [0, 0.05) is 18.2 Å². The van der Waals surface area contributed by atoms with Gasteiger partial charge in [0.2, 0.25) is 5.91 Å². The van der Waals surface area contributed by atoms with Gasteiger partial charge in [0.1, 0.15) is 6.04 Å². The summed E-state index contributed by atoms with van der Waals surface area (Å²) < 4.78 is 9.29. The van der Waals surface area contributed by atoms with Crippen molar-refractivity contribution in [3.05, 3.63) is 37.1 Å². The van der Waals surface area contributed by atoms with Gasteiger partial charge < -0.3 is 14.4 Å². The van der Waals surface area contributed by atoms with Crippen molar-refractivity contribution in [1.29, 1.82) is 0 Å². The Balaban J connectivity index is 5.21. The molecule has 0 saturated heterocycles. The third kappa shape index (κ3) is 7.44. The number of ether oxygens (including phenoxy) is 2. The third-order valence-electron chi connectivity index (χ3n) is 3.00. The standard InChI is InChI=1S/C17H25NO5/c1-6-7-12-18(16(20)13(2)3)14(17(21)23-5)10-8-9-11-15(19)22-4/h6-7,9,11-14H,1,8,10H2,2-5H3/b11-9+,12-7+/t14-/m1/s1. The van der Waals surface area contributed by atoms with E-state index >= 15 is 0 Å². The molecular weight excluding hydrogens is 298 g/mol. The molecule has 0 aliphatic heterocycles. The average Bonchev–Trinajstić information content (AvgIpc) is 2.55. The second-order valence-electron chi connectivity index (χ2n) is 5.02. The summed E-state index contributed by atoms with van der Waals surface area (Å²) in [6.07, 6.45) is 8.23. The van der Waals surface area contributed by atoms with Gasteiger partial charge in [-0.1, -0.05) is 32.6 Å². The zero-order chi connectivity index (χ0) is 17.8. The predicted molar refractivity (Wildman–Crippen MR) is 87.2 cm³/mol. The lowest BCUT2D eigenvalue weighted by Gasteiger charge is -2.28. The van der Waals surface area contributed by atoms with Crippen molar-refractivity contribution in [3.63, 3.8) is 0 Å². The number of hydrogen-bond donors (Lipinski definition) is 0. The molecule has 0 aromatic heterocycles. The SMILES string of the molecule is C=C/C=C/N(C(=O)C(C)C)[C@H](CC/C=C/C(=O)OC)C(=O)OC. The molecule has 0 aliphatic rings. The van der Waals surface area contributed by atoms with E-state index in [0.29, 0.717) is 12.8 Å². The Morgan fingerprint density at radius 2 is 1.83 bits per heavy atom. The molecule has 0 unspecified atom stereocenters. The molecule has 0 fully saturated rings. The lowest BCUT2D eigenvalue weighted by molar-refractivity contribution is -0.151. The number of amides is 1. The van der Waals surface area contributed by atoms with Crippen molar-refractivity contribution in [2.24, 2.45) is 5.92 Å². The van der Waals surface area contributed by atoms with Crippen molar-refractivity contribution in [2.45, 2.75) is 32.7 Å². The Labute approximate surface area is 137 Å². The van der Waals surface area contributed by atoms with Crippen LogP contribution in [0, 0.1) is 5.92 Å². The Bertz CT molecular complexity index is 479. The summed E-state index contributed by atoms with van der Waals surface area (Å²) in [4.78, 5) is 36.8. The zero-order valence-electron chi connectivity index (χ0n) is 14.2. The maximum Gasteiger partial charge on any atom is 0.330 e. The second kappa shape index (κ2) is 11.2. The highest BCUT2D eigenvalue weighted by atomic mass is 16.5. The highest BCUT2D eigenvalue weighted by molar-refractivity contribution is 5.86. The lowest BCUT2D eigenvalue weighted by Crippen LogP contribution is -2.44. The lowest BCUT2D eigenvalue weighted by atomic mass is 10.1. The van der Waals surface area contributed by atoms with Crippen LogP contribution in [-0.4, -0.2) is 43.0 Å². The first kappa shape index (κ1) is 20.6. The van der Waals surface area contributed by atoms with Gasteiger partial charge in [0.25, 0.3) is 0 Å². The van der Waals surface area contributed by atoms with E-state index in [1.54, 1.807) is 26.0 Å². The van der Waals surface area contributed by atoms with E-state index in [1.165, 1.54) is 37.5 Å². The quantitative estimate of drug-likeness (QED) is 0.369. The fourth-order valence-electron chi connectivity index (χ4n) is 1.79. The second-order valence-corrected chi connectivity index (χ2v) is 5.02. The number of rotatable bonds is 9. The highest BCUT2D eigenvalue weighted by Gasteiger charge is 2.29. The molecule has 0 aromatic rings. The molecule has 1 atom stereocenters. The summed E-state index contributed by atoms with van der Waals surface area (Å²) in [5.41, 5.74) is 0. The normalized spacial score (nSPS) is 12.4. The van der Waals surface area contributed by atoms with Crippen LogP contribution in [0.25, 0.3) is 0 Å². The van der Waals surface area contributed by atoms with Crippen LogP contribution in [0.2, 0.25) is 0 Å². The minimum Gasteiger partial charge on any atom is -0.467 e. The van der Waals surface area contributed by atoms with E-state index in [2.05, 4.69) is 11.3 Å². The van der Waals surface area contributed by atoms with E-state index in [-0.39, 0.29) is 11.8 Å². The molecule has 1 amide bonds. The van der Waals surface area contributed by atoms with Gasteiger partial charge in [-0.3, -0.25) is 4.79 Å². The smallest absolute Gasteiger partial charge is 0.330 e. The number of carbonyl (C=O) groups excluding carboxylic acids is 3. The maximum absolute atomic E-state index is 12.3. The maximum atomic E-state index is 12.3. The Hall–Kier alpha value is -2.37. The minimum absolute atomic E-state index is 0.199. The summed E-state index contributed by atoms with van der Waals surface area (Å²) in [5, 5.41) is 0. The number of methoxy groups -OCH3 is 2. The van der Waals surface area contributed by atoms with E-state index in [1.807, 2.05) is 0 Å². The highest BCUT2D eigenvalue weighted by Crippen LogP contribution is 2.15. The predicted octanol–water partition coefficient (Wildman–Crippen LogP) is 2.22. The molecular formula is C17H25NO5. The Morgan fingerprint density at radius 3 is 2.30 bits per heavy atom. The molecule has 0 saturated carbocycles. The Morgan fingerprint density at radius 1 is 1.17 bits per heavy atom. The first-order valence-electron chi connectivity index (χ1n) is 7.32. The van der Waals surface area contributed by atoms with Gasteiger partial charge >= 0.3 is 11.9 Å². The fourth-order valence-corrected chi connectivity index (χ4v) is 1.79. The fraction of sp³-hybridized carbons (Fsp3) is 0.471. The molecule has 0 aromatic carbocycles. The van der Waals surface area contributed by atoms with Gasteiger partial charge in [-0.25, -0.2) is 9.59 Å². The summed E-state index contributed by atoms with van der Waals surface area (Å²) >= 11 is 0. The van der Waals surface area contributed by atoms with Crippen LogP contribution in [0.4, 0.5) is 0 Å².